The van der Waals surface area contributed by atoms with E-state index < -0.39 is 20.2 Å². The largest absolute Gasteiger partial charge is 0.447 e. The zero-order chi connectivity index (χ0) is 11.8. The summed E-state index contributed by atoms with van der Waals surface area (Å²) < 4.78 is 40.1. The molecule has 0 amide bonds. The Morgan fingerprint density at radius 2 is 1.50 bits per heavy atom. The summed E-state index contributed by atoms with van der Waals surface area (Å²) >= 11 is 0. The molecule has 0 aliphatic heterocycles. The maximum Gasteiger partial charge on any atom is 0.447 e. The molecule has 0 saturated heterocycles. The van der Waals surface area contributed by atoms with Crippen LogP contribution in [0.1, 0.15) is 20.8 Å². The fraction of sp³-hybridized carbons (Fsp3) is 0.875. The fourth-order valence-corrected chi connectivity index (χ4v) is 1.60. The van der Waals surface area contributed by atoms with Gasteiger partial charge in [0.25, 0.3) is 0 Å². The average molecular weight is 226 g/mol. The van der Waals surface area contributed by atoms with Crippen LogP contribution in [0.5, 0.6) is 0 Å². The molecule has 6 heteroatoms. The van der Waals surface area contributed by atoms with E-state index in [1.54, 1.807) is 13.1 Å². The van der Waals surface area contributed by atoms with E-state index in [2.05, 4.69) is 4.66 Å². The third-order valence-corrected chi connectivity index (χ3v) is 7.00. The Kier molecular flexibility index (Phi) is 3.43. The SMILES string of the molecule is CC(C)(C)[Si](C)(C)/N=C(\N)C(F)(F)F. The lowest BCUT2D eigenvalue weighted by molar-refractivity contribution is -0.0597. The topological polar surface area (TPSA) is 38.4 Å². The van der Waals surface area contributed by atoms with Crippen LogP contribution in [-0.2, 0) is 0 Å². The summed E-state index contributed by atoms with van der Waals surface area (Å²) in [6, 6.07) is 0. The third kappa shape index (κ3) is 3.32. The Hall–Kier alpha value is -0.523. The van der Waals surface area contributed by atoms with Crippen molar-refractivity contribution in [3.05, 3.63) is 0 Å². The van der Waals surface area contributed by atoms with Crippen molar-refractivity contribution in [2.75, 3.05) is 0 Å². The van der Waals surface area contributed by atoms with Gasteiger partial charge in [-0.15, -0.1) is 0 Å². The molecule has 0 saturated carbocycles. The highest BCUT2D eigenvalue weighted by molar-refractivity contribution is 6.79. The van der Waals surface area contributed by atoms with Gasteiger partial charge in [0.15, 0.2) is 14.1 Å². The molecular formula is C8H17F3N2Si. The van der Waals surface area contributed by atoms with Crippen molar-refractivity contribution in [3.8, 4) is 0 Å². The molecule has 14 heavy (non-hydrogen) atoms. The van der Waals surface area contributed by atoms with Crippen LogP contribution in [0.3, 0.4) is 0 Å². The third-order valence-electron chi connectivity index (χ3n) is 2.53. The van der Waals surface area contributed by atoms with Crippen LogP contribution >= 0.6 is 0 Å². The Morgan fingerprint density at radius 3 is 1.71 bits per heavy atom. The molecule has 0 rings (SSSR count). The van der Waals surface area contributed by atoms with Gasteiger partial charge in [-0.05, 0) is 18.1 Å². The van der Waals surface area contributed by atoms with E-state index in [4.69, 9.17) is 5.73 Å². The van der Waals surface area contributed by atoms with Crippen LogP contribution in [0.2, 0.25) is 18.1 Å². The van der Waals surface area contributed by atoms with Gasteiger partial charge in [0.05, 0.1) is 0 Å². The maximum absolute atomic E-state index is 12.1. The van der Waals surface area contributed by atoms with Crippen LogP contribution in [0.4, 0.5) is 13.2 Å². The second-order valence-corrected chi connectivity index (χ2v) is 9.65. The summed E-state index contributed by atoms with van der Waals surface area (Å²) in [6.07, 6.45) is -4.50. The van der Waals surface area contributed by atoms with Gasteiger partial charge >= 0.3 is 6.18 Å². The molecule has 0 fully saturated rings. The summed E-state index contributed by atoms with van der Waals surface area (Å²) in [6.45, 7) is 9.18. The van der Waals surface area contributed by atoms with Gasteiger partial charge < -0.3 is 10.4 Å². The minimum Gasteiger partial charge on any atom is -0.381 e. The zero-order valence-electron chi connectivity index (χ0n) is 9.16. The van der Waals surface area contributed by atoms with Gasteiger partial charge in [-0.3, -0.25) is 0 Å². The number of hydrogen-bond acceptors (Lipinski definition) is 1. The van der Waals surface area contributed by atoms with Crippen LogP contribution in [0.15, 0.2) is 4.66 Å². The van der Waals surface area contributed by atoms with E-state index in [1.165, 1.54) is 0 Å². The van der Waals surface area contributed by atoms with Gasteiger partial charge in [0.2, 0.25) is 0 Å². The molecule has 0 bridgehead atoms. The van der Waals surface area contributed by atoms with E-state index in [0.717, 1.165) is 0 Å². The number of rotatable bonds is 1. The van der Waals surface area contributed by atoms with Crippen LogP contribution in [-0.4, -0.2) is 20.2 Å². The van der Waals surface area contributed by atoms with Gasteiger partial charge in [-0.2, -0.15) is 13.2 Å². The molecule has 0 unspecified atom stereocenters. The highest BCUT2D eigenvalue weighted by Crippen LogP contribution is 2.37. The molecule has 0 aromatic carbocycles. The minimum absolute atomic E-state index is 0.233. The highest BCUT2D eigenvalue weighted by Gasteiger charge is 2.40. The number of alkyl halides is 3. The van der Waals surface area contributed by atoms with Crippen molar-refractivity contribution < 1.29 is 13.2 Å². The molecule has 2 N–H and O–H groups in total. The van der Waals surface area contributed by atoms with Crippen molar-refractivity contribution in [1.29, 1.82) is 0 Å². The lowest BCUT2D eigenvalue weighted by Gasteiger charge is -2.33. The molecule has 0 radical (unpaired) electrons. The predicted octanol–water partition coefficient (Wildman–Crippen LogP) is 2.91. The first-order valence-electron chi connectivity index (χ1n) is 4.30. The lowest BCUT2D eigenvalue weighted by atomic mass is 10.2. The van der Waals surface area contributed by atoms with Crippen LogP contribution in [0.25, 0.3) is 0 Å². The molecule has 0 aromatic rings. The Balaban J connectivity index is 5.00. The second-order valence-electron chi connectivity index (χ2n) is 4.80. The summed E-state index contributed by atoms with van der Waals surface area (Å²) in [7, 11) is -2.33. The van der Waals surface area contributed by atoms with E-state index in [-0.39, 0.29) is 5.04 Å². The lowest BCUT2D eigenvalue weighted by Crippen LogP contribution is -2.41. The van der Waals surface area contributed by atoms with Crippen molar-refractivity contribution in [2.24, 2.45) is 10.4 Å². The Labute approximate surface area is 83.5 Å². The molecule has 0 aliphatic rings. The summed E-state index contributed by atoms with van der Waals surface area (Å²) in [5.41, 5.74) is 4.89. The predicted molar refractivity (Wildman–Crippen MR) is 54.9 cm³/mol. The van der Waals surface area contributed by atoms with Gasteiger partial charge in [-0.25, -0.2) is 0 Å². The first-order valence-corrected chi connectivity index (χ1v) is 7.25. The number of halogens is 3. The summed E-state index contributed by atoms with van der Waals surface area (Å²) in [5, 5.41) is -0.233. The normalized spacial score (nSPS) is 15.9. The number of amidine groups is 1. The van der Waals surface area contributed by atoms with Gasteiger partial charge in [0.1, 0.15) is 0 Å². The Morgan fingerprint density at radius 1 is 1.14 bits per heavy atom. The van der Waals surface area contributed by atoms with Gasteiger partial charge in [0, 0.05) is 0 Å². The van der Waals surface area contributed by atoms with Crippen molar-refractivity contribution >= 4 is 14.1 Å². The molecule has 0 atom stereocenters. The standard InChI is InChI=1S/C8H17F3N2Si/c1-7(2,3)14(4,5)13-6(12)8(9,10)11/h1-5H3,(H2,12,13). The molecule has 0 aliphatic carbocycles. The highest BCUT2D eigenvalue weighted by atomic mass is 28.3. The molecule has 0 aromatic heterocycles. The number of nitrogens with zero attached hydrogens (tertiary/aromatic N) is 1. The minimum atomic E-state index is -4.50. The average Bonchev–Trinajstić information content (AvgIpc) is 1.80. The molecule has 2 nitrogen and oxygen atoms in total. The van der Waals surface area contributed by atoms with Crippen molar-refractivity contribution in [1.82, 2.24) is 0 Å². The molecule has 0 spiro atoms. The molecule has 0 heterocycles. The van der Waals surface area contributed by atoms with Crippen molar-refractivity contribution in [2.45, 2.75) is 45.1 Å². The number of hydrogen-bond donors (Lipinski definition) is 1. The van der Waals surface area contributed by atoms with E-state index in [1.807, 2.05) is 20.8 Å². The van der Waals surface area contributed by atoms with E-state index in [0.29, 0.717) is 0 Å². The summed E-state index contributed by atoms with van der Waals surface area (Å²) in [5.74, 6) is -1.20. The van der Waals surface area contributed by atoms with E-state index >= 15 is 0 Å². The molecule has 84 valence electrons. The van der Waals surface area contributed by atoms with Crippen LogP contribution < -0.4 is 5.73 Å². The first-order chi connectivity index (χ1) is 5.88. The summed E-state index contributed by atoms with van der Waals surface area (Å²) in [4.78, 5) is 0. The fourth-order valence-electron chi connectivity index (χ4n) is 0.532. The first kappa shape index (κ1) is 13.5. The zero-order valence-corrected chi connectivity index (χ0v) is 10.2. The Bertz CT molecular complexity index is 238. The quantitative estimate of drug-likeness (QED) is 0.417. The smallest absolute Gasteiger partial charge is 0.381 e. The molecular weight excluding hydrogens is 209 g/mol. The monoisotopic (exact) mass is 226 g/mol. The maximum atomic E-state index is 12.1. The number of nitrogens with two attached hydrogens (primary N) is 1. The van der Waals surface area contributed by atoms with Gasteiger partial charge in [-0.1, -0.05) is 20.8 Å². The van der Waals surface area contributed by atoms with Crippen LogP contribution in [0, 0.1) is 0 Å². The second kappa shape index (κ2) is 3.56. The van der Waals surface area contributed by atoms with Crippen molar-refractivity contribution in [3.63, 3.8) is 0 Å². The van der Waals surface area contributed by atoms with E-state index in [9.17, 15) is 13.2 Å².